The summed E-state index contributed by atoms with van der Waals surface area (Å²) in [5.41, 5.74) is 1.41. The molecule has 0 aliphatic heterocycles. The Morgan fingerprint density at radius 2 is 1.95 bits per heavy atom. The van der Waals surface area contributed by atoms with Crippen molar-refractivity contribution < 1.29 is 8.42 Å². The highest BCUT2D eigenvalue weighted by Crippen LogP contribution is 2.40. The predicted octanol–water partition coefficient (Wildman–Crippen LogP) is 2.57. The largest absolute Gasteiger partial charge is 0.313 e. The highest BCUT2D eigenvalue weighted by atomic mass is 32.2. The van der Waals surface area contributed by atoms with Crippen LogP contribution in [0.3, 0.4) is 0 Å². The van der Waals surface area contributed by atoms with Gasteiger partial charge in [-0.15, -0.1) is 0 Å². The monoisotopic (exact) mass is 310 g/mol. The lowest BCUT2D eigenvalue weighted by Crippen LogP contribution is -2.45. The fourth-order valence-corrected chi connectivity index (χ4v) is 4.37. The van der Waals surface area contributed by atoms with E-state index in [0.717, 1.165) is 30.5 Å². The number of aryl methyl sites for hydroxylation is 1. The van der Waals surface area contributed by atoms with Gasteiger partial charge in [-0.3, -0.25) is 0 Å². The van der Waals surface area contributed by atoms with Gasteiger partial charge in [-0.25, -0.2) is 13.1 Å². The molecule has 0 aromatic heterocycles. The lowest BCUT2D eigenvalue weighted by atomic mass is 10.0. The molecule has 1 aromatic carbocycles. The maximum Gasteiger partial charge on any atom is 0.241 e. The van der Waals surface area contributed by atoms with Crippen molar-refractivity contribution in [3.8, 4) is 0 Å². The third-order valence-corrected chi connectivity index (χ3v) is 5.93. The van der Waals surface area contributed by atoms with Crippen LogP contribution in [0.2, 0.25) is 0 Å². The van der Waals surface area contributed by atoms with Crippen LogP contribution >= 0.6 is 0 Å². The Hall–Kier alpha value is -0.910. The minimum absolute atomic E-state index is 0.372. The molecule has 0 atom stereocenters. The third-order valence-electron chi connectivity index (χ3n) is 4.12. The molecule has 1 aliphatic rings. The number of benzene rings is 1. The van der Waals surface area contributed by atoms with E-state index in [4.69, 9.17) is 0 Å². The summed E-state index contributed by atoms with van der Waals surface area (Å²) >= 11 is 0. The van der Waals surface area contributed by atoms with Crippen molar-refractivity contribution in [1.29, 1.82) is 0 Å². The molecule has 1 fully saturated rings. The van der Waals surface area contributed by atoms with Gasteiger partial charge in [0.2, 0.25) is 10.0 Å². The van der Waals surface area contributed by atoms with Gasteiger partial charge in [0.1, 0.15) is 0 Å². The first-order valence-electron chi connectivity index (χ1n) is 7.60. The Morgan fingerprint density at radius 3 is 2.52 bits per heavy atom. The molecule has 4 nitrogen and oxygen atoms in total. The first-order chi connectivity index (χ1) is 9.76. The maximum atomic E-state index is 12.7. The van der Waals surface area contributed by atoms with Crippen LogP contribution < -0.4 is 10.0 Å². The van der Waals surface area contributed by atoms with Gasteiger partial charge in [0, 0.05) is 12.1 Å². The molecule has 1 saturated carbocycles. The lowest BCUT2D eigenvalue weighted by Gasteiger charge is -2.26. The molecule has 0 bridgehead atoms. The molecular weight excluding hydrogens is 284 g/mol. The summed E-state index contributed by atoms with van der Waals surface area (Å²) in [4.78, 5) is 0.395. The Bertz CT molecular complexity index is 605. The van der Waals surface area contributed by atoms with Crippen molar-refractivity contribution in [2.45, 2.75) is 57.5 Å². The second-order valence-electron chi connectivity index (χ2n) is 6.48. The van der Waals surface area contributed by atoms with Gasteiger partial charge in [-0.1, -0.05) is 19.1 Å². The van der Waals surface area contributed by atoms with Gasteiger partial charge in [-0.2, -0.15) is 0 Å². The molecule has 1 aliphatic carbocycles. The van der Waals surface area contributed by atoms with Crippen molar-refractivity contribution >= 4 is 10.0 Å². The number of hydrogen-bond acceptors (Lipinski definition) is 3. The summed E-state index contributed by atoms with van der Waals surface area (Å²) in [6, 6.07) is 5.64. The van der Waals surface area contributed by atoms with Gasteiger partial charge in [0.15, 0.2) is 0 Å². The van der Waals surface area contributed by atoms with Crippen molar-refractivity contribution in [2.75, 3.05) is 6.54 Å². The maximum absolute atomic E-state index is 12.7. The standard InChI is InChI=1S/C16H26N2O2S/c1-5-17-11-13-7-6-12(2)15(10-13)21(19,20)18-16(3,4)14-8-9-14/h6-7,10,14,17-18H,5,8-9,11H2,1-4H3. The zero-order chi connectivity index (χ0) is 15.7. The first-order valence-corrected chi connectivity index (χ1v) is 9.09. The van der Waals surface area contributed by atoms with E-state index in [1.165, 1.54) is 0 Å². The highest BCUT2D eigenvalue weighted by Gasteiger charge is 2.40. The van der Waals surface area contributed by atoms with E-state index in [2.05, 4.69) is 10.0 Å². The number of sulfonamides is 1. The van der Waals surface area contributed by atoms with Crippen LogP contribution in [-0.2, 0) is 16.6 Å². The van der Waals surface area contributed by atoms with Crippen LogP contribution in [0, 0.1) is 12.8 Å². The molecule has 2 N–H and O–H groups in total. The minimum Gasteiger partial charge on any atom is -0.313 e. The normalized spacial score (nSPS) is 16.2. The van der Waals surface area contributed by atoms with E-state index in [-0.39, 0.29) is 5.54 Å². The highest BCUT2D eigenvalue weighted by molar-refractivity contribution is 7.89. The van der Waals surface area contributed by atoms with E-state index >= 15 is 0 Å². The average molecular weight is 310 g/mol. The van der Waals surface area contributed by atoms with Crippen LogP contribution in [0.25, 0.3) is 0 Å². The fourth-order valence-electron chi connectivity index (χ4n) is 2.60. The second kappa shape index (κ2) is 6.07. The first kappa shape index (κ1) is 16.5. The molecule has 5 heteroatoms. The smallest absolute Gasteiger partial charge is 0.241 e. The van der Waals surface area contributed by atoms with Gasteiger partial charge in [0.25, 0.3) is 0 Å². The molecule has 0 radical (unpaired) electrons. The van der Waals surface area contributed by atoms with Gasteiger partial charge in [0.05, 0.1) is 4.90 Å². The van der Waals surface area contributed by atoms with E-state index in [1.807, 2.05) is 39.8 Å². The lowest BCUT2D eigenvalue weighted by molar-refractivity contribution is 0.400. The SMILES string of the molecule is CCNCc1ccc(C)c(S(=O)(=O)NC(C)(C)C2CC2)c1. The summed E-state index contributed by atoms with van der Waals surface area (Å²) in [5.74, 6) is 0.456. The Balaban J connectivity index is 2.26. The van der Waals surface area contributed by atoms with E-state index in [9.17, 15) is 8.42 Å². The molecule has 0 saturated heterocycles. The zero-order valence-corrected chi connectivity index (χ0v) is 14.2. The van der Waals surface area contributed by atoms with Gasteiger partial charge >= 0.3 is 0 Å². The van der Waals surface area contributed by atoms with Gasteiger partial charge in [-0.05, 0) is 63.3 Å². The second-order valence-corrected chi connectivity index (χ2v) is 8.13. The fraction of sp³-hybridized carbons (Fsp3) is 0.625. The van der Waals surface area contributed by atoms with Crippen molar-refractivity contribution in [2.24, 2.45) is 5.92 Å². The average Bonchev–Trinajstić information content (AvgIpc) is 3.21. The third kappa shape index (κ3) is 4.05. The summed E-state index contributed by atoms with van der Waals surface area (Å²) in [6.07, 6.45) is 2.21. The molecule has 0 amide bonds. The Kier molecular flexibility index (Phi) is 4.76. The summed E-state index contributed by atoms with van der Waals surface area (Å²) in [7, 11) is -3.48. The van der Waals surface area contributed by atoms with Crippen LogP contribution in [-0.4, -0.2) is 20.5 Å². The summed E-state index contributed by atoms with van der Waals surface area (Å²) in [5, 5.41) is 3.22. The molecule has 2 rings (SSSR count). The molecule has 0 unspecified atom stereocenters. The van der Waals surface area contributed by atoms with E-state index in [0.29, 0.717) is 17.4 Å². The number of hydrogen-bond donors (Lipinski definition) is 2. The van der Waals surface area contributed by atoms with Crippen LogP contribution in [0.4, 0.5) is 0 Å². The topological polar surface area (TPSA) is 58.2 Å². The molecule has 21 heavy (non-hydrogen) atoms. The molecular formula is C16H26N2O2S. The Morgan fingerprint density at radius 1 is 1.29 bits per heavy atom. The predicted molar refractivity (Wildman–Crippen MR) is 85.7 cm³/mol. The number of nitrogens with one attached hydrogen (secondary N) is 2. The van der Waals surface area contributed by atoms with Crippen molar-refractivity contribution in [3.05, 3.63) is 29.3 Å². The minimum atomic E-state index is -3.48. The zero-order valence-electron chi connectivity index (χ0n) is 13.4. The Labute approximate surface area is 128 Å². The summed E-state index contributed by atoms with van der Waals surface area (Å²) < 4.78 is 28.3. The van der Waals surface area contributed by atoms with E-state index < -0.39 is 10.0 Å². The molecule has 0 heterocycles. The molecule has 1 aromatic rings. The van der Waals surface area contributed by atoms with E-state index in [1.54, 1.807) is 6.07 Å². The quantitative estimate of drug-likeness (QED) is 0.814. The van der Waals surface area contributed by atoms with Crippen LogP contribution in [0.5, 0.6) is 0 Å². The number of rotatable bonds is 7. The summed E-state index contributed by atoms with van der Waals surface area (Å²) in [6.45, 7) is 9.37. The van der Waals surface area contributed by atoms with Crippen molar-refractivity contribution in [3.63, 3.8) is 0 Å². The van der Waals surface area contributed by atoms with Crippen LogP contribution in [0.1, 0.15) is 44.7 Å². The molecule has 0 spiro atoms. The van der Waals surface area contributed by atoms with Crippen molar-refractivity contribution in [1.82, 2.24) is 10.0 Å². The van der Waals surface area contributed by atoms with Gasteiger partial charge < -0.3 is 5.32 Å². The molecule has 118 valence electrons. The van der Waals surface area contributed by atoms with Crippen LogP contribution in [0.15, 0.2) is 23.1 Å².